The van der Waals surface area contributed by atoms with E-state index < -0.39 is 6.17 Å². The molecular formula is C8H15FN2. The summed E-state index contributed by atoms with van der Waals surface area (Å²) in [5.74, 6) is 0. The van der Waals surface area contributed by atoms with Gasteiger partial charge in [-0.3, -0.25) is 0 Å². The van der Waals surface area contributed by atoms with Crippen LogP contribution in [0.15, 0.2) is 12.8 Å². The van der Waals surface area contributed by atoms with E-state index in [9.17, 15) is 4.39 Å². The lowest BCUT2D eigenvalue weighted by molar-refractivity contribution is 0.139. The quantitative estimate of drug-likeness (QED) is 0.638. The topological polar surface area (TPSA) is 15.3 Å². The average Bonchev–Trinajstić information content (AvgIpc) is 2.04. The minimum absolute atomic E-state index is 0.0220. The van der Waals surface area contributed by atoms with Crippen LogP contribution in [0, 0.1) is 0 Å². The van der Waals surface area contributed by atoms with Crippen LogP contribution in [0.2, 0.25) is 0 Å². The Labute approximate surface area is 67.1 Å². The van der Waals surface area contributed by atoms with Gasteiger partial charge in [-0.25, -0.2) is 4.39 Å². The van der Waals surface area contributed by atoms with Gasteiger partial charge in [0.2, 0.25) is 0 Å². The molecule has 2 unspecified atom stereocenters. The van der Waals surface area contributed by atoms with Crippen molar-refractivity contribution in [2.45, 2.75) is 18.6 Å². The average molecular weight is 158 g/mol. The molecule has 0 aromatic rings. The van der Waals surface area contributed by atoms with Gasteiger partial charge in [0.1, 0.15) is 6.17 Å². The van der Waals surface area contributed by atoms with E-state index in [1.165, 1.54) is 0 Å². The molecule has 0 radical (unpaired) electrons. The van der Waals surface area contributed by atoms with Crippen molar-refractivity contribution in [1.82, 2.24) is 10.2 Å². The number of piperidine rings is 1. The third kappa shape index (κ3) is 1.93. The number of hydrogen-bond acceptors (Lipinski definition) is 2. The summed E-state index contributed by atoms with van der Waals surface area (Å²) >= 11 is 0. The zero-order valence-electron chi connectivity index (χ0n) is 6.89. The number of halogens is 1. The lowest BCUT2D eigenvalue weighted by Crippen LogP contribution is -2.47. The Kier molecular flexibility index (Phi) is 2.88. The van der Waals surface area contributed by atoms with Crippen molar-refractivity contribution >= 4 is 0 Å². The van der Waals surface area contributed by atoms with Crippen LogP contribution in [0.25, 0.3) is 0 Å². The monoisotopic (exact) mass is 158 g/mol. The number of nitrogens with one attached hydrogen (secondary N) is 1. The fourth-order valence-corrected chi connectivity index (χ4v) is 1.40. The Balaban J connectivity index is 2.46. The Morgan fingerprint density at radius 1 is 1.73 bits per heavy atom. The predicted molar refractivity (Wildman–Crippen MR) is 44.1 cm³/mol. The second-order valence-electron chi connectivity index (χ2n) is 2.92. The zero-order valence-corrected chi connectivity index (χ0v) is 6.89. The lowest BCUT2D eigenvalue weighted by atomic mass is 10.0. The van der Waals surface area contributed by atoms with Crippen molar-refractivity contribution in [3.05, 3.63) is 12.8 Å². The highest BCUT2D eigenvalue weighted by atomic mass is 19.1. The van der Waals surface area contributed by atoms with Crippen molar-refractivity contribution in [3.8, 4) is 0 Å². The minimum atomic E-state index is -0.758. The number of rotatable bonds is 2. The molecule has 2 nitrogen and oxygen atoms in total. The maximum atomic E-state index is 13.1. The highest BCUT2D eigenvalue weighted by Crippen LogP contribution is 2.13. The molecule has 1 aliphatic rings. The molecule has 1 saturated heterocycles. The Bertz CT molecular complexity index is 138. The Morgan fingerprint density at radius 2 is 2.45 bits per heavy atom. The smallest absolute Gasteiger partial charge is 0.133 e. The van der Waals surface area contributed by atoms with Gasteiger partial charge in [0.25, 0.3) is 0 Å². The van der Waals surface area contributed by atoms with Gasteiger partial charge < -0.3 is 10.2 Å². The van der Waals surface area contributed by atoms with Gasteiger partial charge in [0.15, 0.2) is 0 Å². The van der Waals surface area contributed by atoms with Gasteiger partial charge in [-0.05, 0) is 19.2 Å². The molecule has 2 atom stereocenters. The van der Waals surface area contributed by atoms with Crippen LogP contribution in [0.5, 0.6) is 0 Å². The van der Waals surface area contributed by atoms with Crippen molar-refractivity contribution in [1.29, 1.82) is 0 Å². The van der Waals surface area contributed by atoms with E-state index in [0.717, 1.165) is 13.0 Å². The summed E-state index contributed by atoms with van der Waals surface area (Å²) in [7, 11) is 1.87. The first-order valence-corrected chi connectivity index (χ1v) is 3.95. The predicted octanol–water partition coefficient (Wildman–Crippen LogP) is 0.762. The number of nitrogens with zero attached hydrogens (tertiary/aromatic N) is 1. The summed E-state index contributed by atoms with van der Waals surface area (Å²) in [6.07, 6.45) is 1.79. The minimum Gasteiger partial charge on any atom is -0.375 e. The highest BCUT2D eigenvalue weighted by molar-refractivity contribution is 4.87. The second-order valence-corrected chi connectivity index (χ2v) is 2.92. The normalized spacial score (nSPS) is 31.5. The number of hydrogen-bond donors (Lipinski definition) is 1. The molecule has 0 saturated carbocycles. The molecule has 0 spiro atoms. The summed E-state index contributed by atoms with van der Waals surface area (Å²) in [4.78, 5) is 1.85. The van der Waals surface area contributed by atoms with E-state index in [0.29, 0.717) is 6.54 Å². The van der Waals surface area contributed by atoms with Gasteiger partial charge in [0, 0.05) is 13.6 Å². The SMILES string of the molecule is C=CN(C)C1CCNCC1F. The van der Waals surface area contributed by atoms with Gasteiger partial charge >= 0.3 is 0 Å². The molecule has 1 N–H and O–H groups in total. The molecule has 0 amide bonds. The molecule has 0 aliphatic carbocycles. The van der Waals surface area contributed by atoms with Crippen LogP contribution < -0.4 is 5.32 Å². The van der Waals surface area contributed by atoms with Crippen LogP contribution >= 0.6 is 0 Å². The van der Waals surface area contributed by atoms with Gasteiger partial charge in [0.05, 0.1) is 6.04 Å². The van der Waals surface area contributed by atoms with Gasteiger partial charge in [-0.2, -0.15) is 0 Å². The standard InChI is InChI=1S/C8H15FN2/c1-3-11(2)8-4-5-10-6-7(8)9/h3,7-8,10H,1,4-6H2,2H3. The van der Waals surface area contributed by atoms with Crippen LogP contribution in [0.4, 0.5) is 4.39 Å². The molecule has 0 aromatic heterocycles. The van der Waals surface area contributed by atoms with E-state index >= 15 is 0 Å². The van der Waals surface area contributed by atoms with Gasteiger partial charge in [-0.1, -0.05) is 6.58 Å². The summed E-state index contributed by atoms with van der Waals surface area (Å²) in [5, 5.41) is 3.01. The third-order valence-corrected chi connectivity index (χ3v) is 2.18. The van der Waals surface area contributed by atoms with Gasteiger partial charge in [-0.15, -0.1) is 0 Å². The summed E-state index contributed by atoms with van der Waals surface area (Å²) in [6, 6.07) is 0.0220. The number of alkyl halides is 1. The molecule has 0 bridgehead atoms. The van der Waals surface area contributed by atoms with Crippen LogP contribution in [-0.4, -0.2) is 37.3 Å². The third-order valence-electron chi connectivity index (χ3n) is 2.18. The molecule has 1 rings (SSSR count). The van der Waals surface area contributed by atoms with E-state index in [2.05, 4.69) is 11.9 Å². The Hall–Kier alpha value is -0.570. The van der Waals surface area contributed by atoms with Crippen LogP contribution in [-0.2, 0) is 0 Å². The molecule has 3 heteroatoms. The summed E-state index contributed by atoms with van der Waals surface area (Å²) < 4.78 is 13.1. The van der Waals surface area contributed by atoms with Crippen molar-refractivity contribution in [3.63, 3.8) is 0 Å². The van der Waals surface area contributed by atoms with Crippen molar-refractivity contribution in [2.24, 2.45) is 0 Å². The summed E-state index contributed by atoms with van der Waals surface area (Å²) in [6.45, 7) is 4.99. The molecule has 11 heavy (non-hydrogen) atoms. The summed E-state index contributed by atoms with van der Waals surface area (Å²) in [5.41, 5.74) is 0. The van der Waals surface area contributed by atoms with E-state index in [4.69, 9.17) is 0 Å². The van der Waals surface area contributed by atoms with Crippen LogP contribution in [0.1, 0.15) is 6.42 Å². The first-order valence-electron chi connectivity index (χ1n) is 3.95. The Morgan fingerprint density at radius 3 is 3.00 bits per heavy atom. The fraction of sp³-hybridized carbons (Fsp3) is 0.750. The first kappa shape index (κ1) is 8.53. The second kappa shape index (κ2) is 3.72. The maximum absolute atomic E-state index is 13.1. The van der Waals surface area contributed by atoms with E-state index in [1.54, 1.807) is 6.20 Å². The molecule has 1 fully saturated rings. The fourth-order valence-electron chi connectivity index (χ4n) is 1.40. The highest BCUT2D eigenvalue weighted by Gasteiger charge is 2.25. The largest absolute Gasteiger partial charge is 0.375 e. The molecule has 1 aliphatic heterocycles. The first-order chi connectivity index (χ1) is 5.25. The lowest BCUT2D eigenvalue weighted by Gasteiger charge is -2.33. The molecular weight excluding hydrogens is 143 g/mol. The van der Waals surface area contributed by atoms with Crippen molar-refractivity contribution in [2.75, 3.05) is 20.1 Å². The van der Waals surface area contributed by atoms with Crippen LogP contribution in [0.3, 0.4) is 0 Å². The molecule has 0 aromatic carbocycles. The molecule has 1 heterocycles. The van der Waals surface area contributed by atoms with E-state index in [1.807, 2.05) is 11.9 Å². The molecule has 64 valence electrons. The van der Waals surface area contributed by atoms with Crippen molar-refractivity contribution < 1.29 is 4.39 Å². The van der Waals surface area contributed by atoms with E-state index in [-0.39, 0.29) is 6.04 Å². The maximum Gasteiger partial charge on any atom is 0.133 e. The zero-order chi connectivity index (χ0) is 8.27.